The van der Waals surface area contributed by atoms with E-state index in [4.69, 9.17) is 14.2 Å². The molecule has 0 rings (SSSR count). The van der Waals surface area contributed by atoms with Crippen molar-refractivity contribution in [3.05, 3.63) is 85.1 Å². The van der Waals surface area contributed by atoms with Crippen molar-refractivity contribution in [2.24, 2.45) is 0 Å². The largest absolute Gasteiger partial charge is 0.462 e. The van der Waals surface area contributed by atoms with E-state index in [1.807, 2.05) is 0 Å². The third kappa shape index (κ3) is 51.4. The van der Waals surface area contributed by atoms with Crippen LogP contribution in [-0.4, -0.2) is 37.2 Å². The van der Waals surface area contributed by atoms with Crippen LogP contribution in [0, 0.1) is 0 Å². The lowest BCUT2D eigenvalue weighted by atomic mass is 10.1. The van der Waals surface area contributed by atoms with Crippen LogP contribution in [0.15, 0.2) is 85.1 Å². The molecule has 0 heterocycles. The van der Waals surface area contributed by atoms with Gasteiger partial charge in [0.1, 0.15) is 13.2 Å². The number of hydrogen-bond acceptors (Lipinski definition) is 6. The van der Waals surface area contributed by atoms with Gasteiger partial charge in [-0.1, -0.05) is 228 Å². The van der Waals surface area contributed by atoms with Gasteiger partial charge in [0, 0.05) is 19.3 Å². The highest BCUT2D eigenvalue weighted by atomic mass is 16.6. The summed E-state index contributed by atoms with van der Waals surface area (Å²) in [6.07, 6.45) is 68.5. The molecule has 0 aliphatic carbocycles. The van der Waals surface area contributed by atoms with Gasteiger partial charge in [-0.15, -0.1) is 0 Å². The highest BCUT2D eigenvalue weighted by Crippen LogP contribution is 2.14. The predicted octanol–water partition coefficient (Wildman–Crippen LogP) is 18.0. The van der Waals surface area contributed by atoms with Crippen molar-refractivity contribution >= 4 is 17.9 Å². The Kier molecular flexibility index (Phi) is 50.4. The van der Waals surface area contributed by atoms with E-state index in [1.54, 1.807) is 0 Å². The van der Waals surface area contributed by atoms with Crippen molar-refractivity contribution in [1.29, 1.82) is 0 Å². The summed E-state index contributed by atoms with van der Waals surface area (Å²) in [5.74, 6) is -0.924. The van der Waals surface area contributed by atoms with Crippen LogP contribution >= 0.6 is 0 Å². The lowest BCUT2D eigenvalue weighted by molar-refractivity contribution is -0.167. The van der Waals surface area contributed by atoms with Gasteiger partial charge in [-0.05, 0) is 89.9 Å². The Morgan fingerprint density at radius 1 is 0.338 bits per heavy atom. The van der Waals surface area contributed by atoms with Gasteiger partial charge in [0.2, 0.25) is 0 Å². The first-order valence-electron chi connectivity index (χ1n) is 27.1. The minimum atomic E-state index is -0.793. The Bertz CT molecular complexity index is 1270. The molecule has 0 amide bonds. The zero-order chi connectivity index (χ0) is 47.2. The van der Waals surface area contributed by atoms with Gasteiger partial charge in [0.15, 0.2) is 6.10 Å². The average molecular weight is 905 g/mol. The quantitative estimate of drug-likeness (QED) is 0.0199. The summed E-state index contributed by atoms with van der Waals surface area (Å²) >= 11 is 0. The Hall–Kier alpha value is -3.41. The van der Waals surface area contributed by atoms with Crippen LogP contribution in [0.5, 0.6) is 0 Å². The van der Waals surface area contributed by atoms with Crippen LogP contribution < -0.4 is 0 Å². The molecule has 0 N–H and O–H groups in total. The minimum absolute atomic E-state index is 0.0913. The fraction of sp³-hybridized carbons (Fsp3) is 0.712. The maximum atomic E-state index is 12.8. The molecule has 65 heavy (non-hydrogen) atoms. The topological polar surface area (TPSA) is 78.9 Å². The maximum Gasteiger partial charge on any atom is 0.306 e. The number of esters is 3. The Balaban J connectivity index is 4.43. The zero-order valence-corrected chi connectivity index (χ0v) is 42.5. The third-order valence-corrected chi connectivity index (χ3v) is 11.5. The first-order chi connectivity index (χ1) is 32.0. The number of carbonyl (C=O) groups excluding carboxylic acids is 3. The molecule has 0 fully saturated rings. The predicted molar refractivity (Wildman–Crippen MR) is 279 cm³/mol. The second-order valence-electron chi connectivity index (χ2n) is 17.8. The summed E-state index contributed by atoms with van der Waals surface area (Å²) in [5, 5.41) is 0. The summed E-state index contributed by atoms with van der Waals surface area (Å²) in [6.45, 7) is 6.37. The number of ether oxygens (including phenoxy) is 3. The Labute approximate surface area is 401 Å². The molecule has 0 saturated carbocycles. The number of carbonyl (C=O) groups is 3. The van der Waals surface area contributed by atoms with Gasteiger partial charge in [0.25, 0.3) is 0 Å². The maximum absolute atomic E-state index is 12.8. The molecule has 0 aromatic heterocycles. The molecule has 0 aliphatic rings. The highest BCUT2D eigenvalue weighted by molar-refractivity contribution is 5.71. The van der Waals surface area contributed by atoms with Gasteiger partial charge in [-0.25, -0.2) is 0 Å². The van der Waals surface area contributed by atoms with Gasteiger partial charge in [-0.2, -0.15) is 0 Å². The van der Waals surface area contributed by atoms with E-state index in [-0.39, 0.29) is 31.1 Å². The fourth-order valence-electron chi connectivity index (χ4n) is 7.41. The van der Waals surface area contributed by atoms with Crippen LogP contribution in [0.1, 0.15) is 252 Å². The van der Waals surface area contributed by atoms with Crippen LogP contribution in [-0.2, 0) is 28.6 Å². The van der Waals surface area contributed by atoms with Crippen molar-refractivity contribution in [2.45, 2.75) is 258 Å². The van der Waals surface area contributed by atoms with Crippen LogP contribution in [0.2, 0.25) is 0 Å². The molecule has 0 aromatic carbocycles. The van der Waals surface area contributed by atoms with Crippen LogP contribution in [0.3, 0.4) is 0 Å². The van der Waals surface area contributed by atoms with Crippen molar-refractivity contribution in [3.63, 3.8) is 0 Å². The highest BCUT2D eigenvalue weighted by Gasteiger charge is 2.19. The van der Waals surface area contributed by atoms with Crippen LogP contribution in [0.25, 0.3) is 0 Å². The summed E-state index contributed by atoms with van der Waals surface area (Å²) in [4.78, 5) is 38.1. The van der Waals surface area contributed by atoms with Gasteiger partial charge < -0.3 is 14.2 Å². The normalized spacial score (nSPS) is 12.7. The minimum Gasteiger partial charge on any atom is -0.462 e. The van der Waals surface area contributed by atoms with E-state index >= 15 is 0 Å². The Morgan fingerprint density at radius 3 is 1.11 bits per heavy atom. The fourth-order valence-corrected chi connectivity index (χ4v) is 7.41. The zero-order valence-electron chi connectivity index (χ0n) is 42.5. The third-order valence-electron chi connectivity index (χ3n) is 11.5. The van der Waals surface area contributed by atoms with E-state index in [0.29, 0.717) is 19.3 Å². The molecule has 1 unspecified atom stereocenters. The number of hydrogen-bond donors (Lipinski definition) is 0. The van der Waals surface area contributed by atoms with E-state index in [9.17, 15) is 14.4 Å². The second kappa shape index (κ2) is 53.2. The molecule has 0 aromatic rings. The molecular weight excluding hydrogens is 805 g/mol. The molecular formula is C59H100O6. The van der Waals surface area contributed by atoms with Crippen molar-refractivity contribution in [3.8, 4) is 0 Å². The van der Waals surface area contributed by atoms with Crippen molar-refractivity contribution in [2.75, 3.05) is 13.2 Å². The molecule has 0 aliphatic heterocycles. The number of unbranched alkanes of at least 4 members (excludes halogenated alkanes) is 26. The van der Waals surface area contributed by atoms with Crippen molar-refractivity contribution < 1.29 is 28.6 Å². The molecule has 1 atom stereocenters. The van der Waals surface area contributed by atoms with E-state index in [0.717, 1.165) is 109 Å². The molecule has 0 saturated heterocycles. The van der Waals surface area contributed by atoms with Gasteiger partial charge >= 0.3 is 17.9 Å². The molecule has 6 nitrogen and oxygen atoms in total. The first-order valence-corrected chi connectivity index (χ1v) is 27.1. The summed E-state index contributed by atoms with van der Waals surface area (Å²) in [7, 11) is 0. The Morgan fingerprint density at radius 2 is 0.677 bits per heavy atom. The van der Waals surface area contributed by atoms with E-state index in [2.05, 4.69) is 106 Å². The smallest absolute Gasteiger partial charge is 0.306 e. The number of allylic oxidation sites excluding steroid dienone is 14. The molecule has 6 heteroatoms. The number of rotatable bonds is 48. The van der Waals surface area contributed by atoms with Crippen LogP contribution in [0.4, 0.5) is 0 Å². The second-order valence-corrected chi connectivity index (χ2v) is 17.8. The average Bonchev–Trinajstić information content (AvgIpc) is 3.30. The summed E-state index contributed by atoms with van der Waals surface area (Å²) < 4.78 is 16.8. The monoisotopic (exact) mass is 905 g/mol. The van der Waals surface area contributed by atoms with Gasteiger partial charge in [0.05, 0.1) is 0 Å². The SMILES string of the molecule is CC\C=C/C=C\C=C/CCCCCCCCCC(=O)OC(COC(=O)CCCCCCC/C=C\C=C/CCCCCCCCC)COC(=O)CCCCCCCCC/C=C\C/C=C\CC. The van der Waals surface area contributed by atoms with E-state index < -0.39 is 6.10 Å². The molecule has 0 spiro atoms. The van der Waals surface area contributed by atoms with E-state index in [1.165, 1.54) is 103 Å². The lowest BCUT2D eigenvalue weighted by Gasteiger charge is -2.18. The van der Waals surface area contributed by atoms with Crippen molar-refractivity contribution in [1.82, 2.24) is 0 Å². The van der Waals surface area contributed by atoms with Gasteiger partial charge in [-0.3, -0.25) is 14.4 Å². The first kappa shape index (κ1) is 61.6. The molecule has 372 valence electrons. The lowest BCUT2D eigenvalue weighted by Crippen LogP contribution is -2.30. The standard InChI is InChI=1S/C59H100O6/c1-4-7-10-13-16-19-22-25-28-29-30-32-34-37-40-43-46-49-52-58(61)64-55-56(54-63-57(60)51-48-45-42-39-36-33-27-24-21-18-15-12-9-6-3)65-59(62)53-50-47-44-41-38-35-31-26-23-20-17-14-11-8-5-2/h8-9,11-12,14,17-18,20-21,23,28-30,32,56H,4-7,10,13,15-16,19,22,24-27,31,33-55H2,1-3H3/b11-8-,12-9-,17-14-,21-18-,23-20-,29-28-,32-30-. The molecule has 0 bridgehead atoms. The molecule has 0 radical (unpaired) electrons. The summed E-state index contributed by atoms with van der Waals surface area (Å²) in [5.41, 5.74) is 0. The summed E-state index contributed by atoms with van der Waals surface area (Å²) in [6, 6.07) is 0.